The molecule has 2 aromatic carbocycles. The van der Waals surface area contributed by atoms with Crippen LogP contribution in [0.4, 0.5) is 4.39 Å². The molecule has 0 aromatic heterocycles. The lowest BCUT2D eigenvalue weighted by Crippen LogP contribution is -2.40. The van der Waals surface area contributed by atoms with Crippen molar-refractivity contribution in [2.75, 3.05) is 39.4 Å². The van der Waals surface area contributed by atoms with E-state index in [1.165, 1.54) is 12.3 Å². The number of amides is 2. The molecule has 1 aliphatic heterocycles. The van der Waals surface area contributed by atoms with Crippen LogP contribution >= 0.6 is 0 Å². The number of halogens is 1. The van der Waals surface area contributed by atoms with E-state index in [9.17, 15) is 14.0 Å². The maximum absolute atomic E-state index is 13.6. The second-order valence-electron chi connectivity index (χ2n) is 7.23. The van der Waals surface area contributed by atoms with E-state index in [1.807, 2.05) is 6.07 Å². The van der Waals surface area contributed by atoms with Gasteiger partial charge >= 0.3 is 11.8 Å². The number of carbonyl (C=O) groups is 2. The molecule has 8 nitrogen and oxygen atoms in total. The van der Waals surface area contributed by atoms with E-state index in [2.05, 4.69) is 20.7 Å². The van der Waals surface area contributed by atoms with Gasteiger partial charge in [0.2, 0.25) is 0 Å². The summed E-state index contributed by atoms with van der Waals surface area (Å²) < 4.78 is 24.4. The van der Waals surface area contributed by atoms with Gasteiger partial charge in [0, 0.05) is 19.6 Å². The highest BCUT2D eigenvalue weighted by molar-refractivity contribution is 6.35. The van der Waals surface area contributed by atoms with Crippen LogP contribution in [-0.2, 0) is 20.9 Å². The first-order valence-corrected chi connectivity index (χ1v) is 10.5. The first kappa shape index (κ1) is 23.4. The van der Waals surface area contributed by atoms with Crippen molar-refractivity contribution in [2.45, 2.75) is 13.0 Å². The Balaban J connectivity index is 1.37. The molecule has 2 N–H and O–H groups in total. The van der Waals surface area contributed by atoms with E-state index in [-0.39, 0.29) is 12.4 Å². The van der Waals surface area contributed by atoms with Gasteiger partial charge in [-0.1, -0.05) is 30.3 Å². The Morgan fingerprint density at radius 1 is 1.12 bits per heavy atom. The van der Waals surface area contributed by atoms with Crippen LogP contribution in [0.15, 0.2) is 53.6 Å². The lowest BCUT2D eigenvalue weighted by Gasteiger charge is -2.26. The third-order valence-corrected chi connectivity index (χ3v) is 4.81. The van der Waals surface area contributed by atoms with Crippen molar-refractivity contribution in [3.8, 4) is 5.75 Å². The van der Waals surface area contributed by atoms with E-state index < -0.39 is 17.6 Å². The van der Waals surface area contributed by atoms with Crippen LogP contribution in [0.3, 0.4) is 0 Å². The Kier molecular flexibility index (Phi) is 9.15. The molecule has 0 spiro atoms. The predicted octanol–water partition coefficient (Wildman–Crippen LogP) is 1.69. The van der Waals surface area contributed by atoms with Crippen LogP contribution in [0.2, 0.25) is 0 Å². The Labute approximate surface area is 186 Å². The zero-order valence-corrected chi connectivity index (χ0v) is 17.8. The molecule has 0 atom stereocenters. The van der Waals surface area contributed by atoms with Gasteiger partial charge in [-0.15, -0.1) is 0 Å². The number of benzene rings is 2. The fraction of sp³-hybridized carbons (Fsp3) is 0.348. The topological polar surface area (TPSA) is 92.3 Å². The maximum atomic E-state index is 13.6. The summed E-state index contributed by atoms with van der Waals surface area (Å²) >= 11 is 0. The van der Waals surface area contributed by atoms with Gasteiger partial charge in [0.15, 0.2) is 11.6 Å². The van der Waals surface area contributed by atoms with Crippen LogP contribution < -0.4 is 15.5 Å². The molecule has 1 fully saturated rings. The Hall–Kier alpha value is -3.30. The van der Waals surface area contributed by atoms with Crippen LogP contribution in [0.1, 0.15) is 17.5 Å². The van der Waals surface area contributed by atoms with Gasteiger partial charge in [-0.25, -0.2) is 9.82 Å². The summed E-state index contributed by atoms with van der Waals surface area (Å²) in [4.78, 5) is 26.0. The summed E-state index contributed by atoms with van der Waals surface area (Å²) in [6, 6.07) is 13.4. The second-order valence-corrected chi connectivity index (χ2v) is 7.23. The Bertz CT molecular complexity index is 932. The van der Waals surface area contributed by atoms with Gasteiger partial charge in [-0.05, 0) is 42.3 Å². The SMILES string of the molecule is O=C(NCCCN1CCOCC1)C(=O)N/N=C/c1cccc(COc2ccccc2F)c1. The average Bonchev–Trinajstić information content (AvgIpc) is 2.82. The van der Waals surface area contributed by atoms with Gasteiger partial charge in [0.05, 0.1) is 19.4 Å². The van der Waals surface area contributed by atoms with E-state index in [0.717, 1.165) is 44.8 Å². The largest absolute Gasteiger partial charge is 0.486 e. The van der Waals surface area contributed by atoms with Crippen molar-refractivity contribution in [1.82, 2.24) is 15.6 Å². The number of nitrogens with zero attached hydrogens (tertiary/aromatic N) is 2. The zero-order chi connectivity index (χ0) is 22.6. The third kappa shape index (κ3) is 7.75. The van der Waals surface area contributed by atoms with Crippen LogP contribution in [0.5, 0.6) is 5.75 Å². The summed E-state index contributed by atoms with van der Waals surface area (Å²) in [7, 11) is 0. The smallest absolute Gasteiger partial charge is 0.329 e. The van der Waals surface area contributed by atoms with Crippen LogP contribution in [-0.4, -0.2) is 62.3 Å². The number of hydrogen-bond donors (Lipinski definition) is 2. The molecule has 32 heavy (non-hydrogen) atoms. The molecular formula is C23H27FN4O4. The molecule has 0 unspecified atom stereocenters. The van der Waals surface area contributed by atoms with Crippen molar-refractivity contribution in [3.05, 3.63) is 65.5 Å². The molecule has 2 aromatic rings. The molecule has 0 saturated carbocycles. The Morgan fingerprint density at radius 2 is 1.94 bits per heavy atom. The van der Waals surface area contributed by atoms with E-state index >= 15 is 0 Å². The minimum absolute atomic E-state index is 0.176. The number of ether oxygens (including phenoxy) is 2. The quantitative estimate of drug-likeness (QED) is 0.267. The minimum atomic E-state index is -0.827. The van der Waals surface area contributed by atoms with Gasteiger partial charge in [-0.2, -0.15) is 5.10 Å². The average molecular weight is 442 g/mol. The lowest BCUT2D eigenvalue weighted by molar-refractivity contribution is -0.139. The lowest BCUT2D eigenvalue weighted by atomic mass is 10.1. The minimum Gasteiger partial charge on any atom is -0.486 e. The highest BCUT2D eigenvalue weighted by Gasteiger charge is 2.13. The number of rotatable bonds is 9. The molecule has 3 rings (SSSR count). The van der Waals surface area contributed by atoms with Gasteiger partial charge in [0.25, 0.3) is 0 Å². The van der Waals surface area contributed by atoms with Crippen molar-refractivity contribution in [3.63, 3.8) is 0 Å². The molecule has 2 amide bonds. The summed E-state index contributed by atoms with van der Waals surface area (Å²) in [6.45, 7) is 4.68. The zero-order valence-electron chi connectivity index (χ0n) is 17.8. The first-order valence-electron chi connectivity index (χ1n) is 10.5. The standard InChI is InChI=1S/C23H27FN4O4/c24-20-7-1-2-8-21(20)32-17-19-6-3-5-18(15-19)16-26-27-23(30)22(29)25-9-4-10-28-11-13-31-14-12-28/h1-3,5-8,15-16H,4,9-14,17H2,(H,25,29)(H,27,30)/b26-16+. The summed E-state index contributed by atoms with van der Waals surface area (Å²) in [5, 5.41) is 6.42. The number of para-hydroxylation sites is 1. The monoisotopic (exact) mass is 442 g/mol. The highest BCUT2D eigenvalue weighted by atomic mass is 19.1. The molecule has 0 radical (unpaired) electrons. The summed E-state index contributed by atoms with van der Waals surface area (Å²) in [5.41, 5.74) is 3.72. The number of morpholine rings is 1. The molecule has 0 bridgehead atoms. The van der Waals surface area contributed by atoms with E-state index in [4.69, 9.17) is 9.47 Å². The molecule has 0 aliphatic carbocycles. The van der Waals surface area contributed by atoms with E-state index in [0.29, 0.717) is 12.1 Å². The summed E-state index contributed by atoms with van der Waals surface area (Å²) in [5.74, 6) is -1.80. The first-order chi connectivity index (χ1) is 15.6. The fourth-order valence-electron chi connectivity index (χ4n) is 3.11. The van der Waals surface area contributed by atoms with Crippen LogP contribution in [0.25, 0.3) is 0 Å². The van der Waals surface area contributed by atoms with Gasteiger partial charge < -0.3 is 14.8 Å². The van der Waals surface area contributed by atoms with Gasteiger partial charge in [-0.3, -0.25) is 14.5 Å². The van der Waals surface area contributed by atoms with Crippen molar-refractivity contribution in [2.24, 2.45) is 5.10 Å². The van der Waals surface area contributed by atoms with Gasteiger partial charge in [0.1, 0.15) is 6.61 Å². The molecular weight excluding hydrogens is 415 g/mol. The fourth-order valence-corrected chi connectivity index (χ4v) is 3.11. The predicted molar refractivity (Wildman–Crippen MR) is 118 cm³/mol. The maximum Gasteiger partial charge on any atom is 0.329 e. The Morgan fingerprint density at radius 3 is 2.75 bits per heavy atom. The van der Waals surface area contributed by atoms with E-state index in [1.54, 1.807) is 36.4 Å². The molecule has 1 saturated heterocycles. The number of carbonyl (C=O) groups excluding carboxylic acids is 2. The normalized spacial score (nSPS) is 14.3. The van der Waals surface area contributed by atoms with Crippen LogP contribution in [0, 0.1) is 5.82 Å². The second kappa shape index (κ2) is 12.5. The van der Waals surface area contributed by atoms with Crippen molar-refractivity contribution < 1.29 is 23.5 Å². The molecule has 170 valence electrons. The highest BCUT2D eigenvalue weighted by Crippen LogP contribution is 2.17. The van der Waals surface area contributed by atoms with Crippen molar-refractivity contribution >= 4 is 18.0 Å². The number of hydrazone groups is 1. The molecule has 1 heterocycles. The number of hydrogen-bond acceptors (Lipinski definition) is 6. The summed E-state index contributed by atoms with van der Waals surface area (Å²) in [6.07, 6.45) is 2.18. The molecule has 9 heteroatoms. The third-order valence-electron chi connectivity index (χ3n) is 4.81. The number of nitrogens with one attached hydrogen (secondary N) is 2. The van der Waals surface area contributed by atoms with Crippen molar-refractivity contribution in [1.29, 1.82) is 0 Å². The molecule has 1 aliphatic rings.